The molecule has 1 aliphatic heterocycles. The molecule has 5 atom stereocenters. The summed E-state index contributed by atoms with van der Waals surface area (Å²) in [6.07, 6.45) is -6.94. The lowest BCUT2D eigenvalue weighted by Crippen LogP contribution is -2.58. The van der Waals surface area contributed by atoms with Gasteiger partial charge >= 0.3 is 0 Å². The van der Waals surface area contributed by atoms with Gasteiger partial charge < -0.3 is 44.5 Å². The lowest BCUT2D eigenvalue weighted by atomic mass is 10.00. The van der Waals surface area contributed by atoms with Crippen molar-refractivity contribution in [1.82, 2.24) is 0 Å². The fraction of sp³-hybridized carbons (Fsp3) is 0.286. The normalized spacial score (nSPS) is 26.1. The molecule has 10 heteroatoms. The Bertz CT molecular complexity index is 1170. The molecule has 31 heavy (non-hydrogen) atoms. The third-order valence-electron chi connectivity index (χ3n) is 5.13. The Morgan fingerprint density at radius 3 is 2.26 bits per heavy atom. The maximum absolute atomic E-state index is 12.5. The van der Waals surface area contributed by atoms with Crippen LogP contribution in [0.15, 0.2) is 45.6 Å². The van der Waals surface area contributed by atoms with E-state index in [1.807, 2.05) is 0 Å². The Hall–Kier alpha value is -3.31. The van der Waals surface area contributed by atoms with Gasteiger partial charge in [-0.2, -0.15) is 0 Å². The van der Waals surface area contributed by atoms with Crippen molar-refractivity contribution in [3.8, 4) is 34.3 Å². The number of hydrogen-bond donors (Lipinski definition) is 6. The molecule has 6 N–H and O–H groups in total. The number of rotatable bonds is 3. The minimum absolute atomic E-state index is 0.0257. The highest BCUT2D eigenvalue weighted by atomic mass is 16.7. The van der Waals surface area contributed by atoms with Crippen molar-refractivity contribution in [2.75, 3.05) is 0 Å². The quantitative estimate of drug-likeness (QED) is 0.325. The average molecular weight is 432 g/mol. The summed E-state index contributed by atoms with van der Waals surface area (Å²) in [7, 11) is 0. The molecule has 0 bridgehead atoms. The predicted octanol–water partition coefficient (Wildman–Crippen LogP) is 0.783. The first-order valence-corrected chi connectivity index (χ1v) is 9.36. The van der Waals surface area contributed by atoms with Gasteiger partial charge in [0.05, 0.1) is 6.10 Å². The number of aromatic hydroxyl groups is 3. The molecule has 164 valence electrons. The summed E-state index contributed by atoms with van der Waals surface area (Å²) in [5, 5.41) is 59.6. The smallest absolute Gasteiger partial charge is 0.229 e. The van der Waals surface area contributed by atoms with E-state index in [0.29, 0.717) is 5.56 Å². The number of ether oxygens (including phenoxy) is 2. The van der Waals surface area contributed by atoms with E-state index in [9.17, 15) is 35.4 Å². The van der Waals surface area contributed by atoms with E-state index in [0.717, 1.165) is 12.1 Å². The molecular formula is C21H20O10. The predicted molar refractivity (Wildman–Crippen MR) is 106 cm³/mol. The monoisotopic (exact) mass is 432 g/mol. The van der Waals surface area contributed by atoms with Gasteiger partial charge in [-0.15, -0.1) is 0 Å². The van der Waals surface area contributed by atoms with Crippen molar-refractivity contribution in [1.29, 1.82) is 0 Å². The van der Waals surface area contributed by atoms with Crippen molar-refractivity contribution < 1.29 is 44.5 Å². The van der Waals surface area contributed by atoms with Gasteiger partial charge in [-0.25, -0.2) is 0 Å². The molecule has 0 amide bonds. The molecule has 3 aromatic rings. The highest BCUT2D eigenvalue weighted by Gasteiger charge is 2.43. The molecule has 0 saturated carbocycles. The Morgan fingerprint density at radius 2 is 1.58 bits per heavy atom. The topological polar surface area (TPSA) is 170 Å². The number of phenols is 3. The third-order valence-corrected chi connectivity index (χ3v) is 5.13. The van der Waals surface area contributed by atoms with E-state index in [-0.39, 0.29) is 28.2 Å². The van der Waals surface area contributed by atoms with Crippen LogP contribution in [0.3, 0.4) is 0 Å². The summed E-state index contributed by atoms with van der Waals surface area (Å²) < 4.78 is 16.5. The third kappa shape index (κ3) is 3.66. The fourth-order valence-electron chi connectivity index (χ4n) is 3.36. The molecule has 1 aliphatic rings. The molecule has 0 unspecified atom stereocenters. The second-order valence-corrected chi connectivity index (χ2v) is 7.27. The van der Waals surface area contributed by atoms with Crippen molar-refractivity contribution in [3.63, 3.8) is 0 Å². The first-order valence-electron chi connectivity index (χ1n) is 9.36. The molecule has 4 rings (SSSR count). The van der Waals surface area contributed by atoms with Crippen LogP contribution in [-0.4, -0.2) is 61.3 Å². The van der Waals surface area contributed by atoms with Gasteiger partial charge in [0.2, 0.25) is 12.0 Å². The van der Waals surface area contributed by atoms with Crippen LogP contribution in [0.1, 0.15) is 6.92 Å². The van der Waals surface area contributed by atoms with Crippen LogP contribution in [0.25, 0.3) is 22.3 Å². The number of aliphatic hydroxyl groups excluding tert-OH is 3. The van der Waals surface area contributed by atoms with Crippen molar-refractivity contribution >= 4 is 11.0 Å². The standard InChI is InChI=1S/C21H20O10/c1-8-16(24)19(27)20(28)21(29-8)31-14-7-13-15(18(26)17(14)25)11(23)6-12(30-13)9-2-4-10(22)5-3-9/h2-8,16,19-22,24-28H,1H3/t8-,16+,19+,20-,21+/m1/s1. The largest absolute Gasteiger partial charge is 0.508 e. The summed E-state index contributed by atoms with van der Waals surface area (Å²) >= 11 is 0. The summed E-state index contributed by atoms with van der Waals surface area (Å²) in [5.41, 5.74) is -0.284. The van der Waals surface area contributed by atoms with E-state index in [4.69, 9.17) is 13.9 Å². The zero-order chi connectivity index (χ0) is 22.4. The minimum Gasteiger partial charge on any atom is -0.508 e. The number of aliphatic hydroxyl groups is 3. The van der Waals surface area contributed by atoms with Crippen LogP contribution in [0.4, 0.5) is 0 Å². The molecule has 10 nitrogen and oxygen atoms in total. The zero-order valence-corrected chi connectivity index (χ0v) is 16.2. The molecule has 0 aliphatic carbocycles. The molecular weight excluding hydrogens is 412 g/mol. The highest BCUT2D eigenvalue weighted by Crippen LogP contribution is 2.42. The first kappa shape index (κ1) is 20.9. The molecule has 1 aromatic heterocycles. The zero-order valence-electron chi connectivity index (χ0n) is 16.2. The van der Waals surface area contributed by atoms with Crippen molar-refractivity contribution in [3.05, 3.63) is 46.6 Å². The van der Waals surface area contributed by atoms with Crippen LogP contribution < -0.4 is 10.2 Å². The highest BCUT2D eigenvalue weighted by molar-refractivity contribution is 5.89. The lowest BCUT2D eigenvalue weighted by Gasteiger charge is -2.38. The van der Waals surface area contributed by atoms with Crippen molar-refractivity contribution in [2.24, 2.45) is 0 Å². The molecule has 2 aromatic carbocycles. The average Bonchev–Trinajstić information content (AvgIpc) is 2.74. The van der Waals surface area contributed by atoms with Gasteiger partial charge in [-0.3, -0.25) is 4.79 Å². The van der Waals surface area contributed by atoms with E-state index < -0.39 is 47.6 Å². The maximum atomic E-state index is 12.5. The second-order valence-electron chi connectivity index (χ2n) is 7.27. The summed E-state index contributed by atoms with van der Waals surface area (Å²) in [6, 6.07) is 8.13. The molecule has 0 spiro atoms. The van der Waals surface area contributed by atoms with Gasteiger partial charge in [0.15, 0.2) is 16.9 Å². The maximum Gasteiger partial charge on any atom is 0.229 e. The van der Waals surface area contributed by atoms with E-state index in [2.05, 4.69) is 0 Å². The Balaban J connectivity index is 1.77. The van der Waals surface area contributed by atoms with Gasteiger partial charge in [0, 0.05) is 17.7 Å². The van der Waals surface area contributed by atoms with E-state index in [1.54, 1.807) is 0 Å². The van der Waals surface area contributed by atoms with Crippen LogP contribution in [-0.2, 0) is 4.74 Å². The number of phenolic OH excluding ortho intramolecular Hbond substituents is 3. The van der Waals surface area contributed by atoms with Gasteiger partial charge in [0.1, 0.15) is 40.8 Å². The Labute approximate surface area is 174 Å². The summed E-state index contributed by atoms with van der Waals surface area (Å²) in [6.45, 7) is 1.46. The van der Waals surface area contributed by atoms with Crippen LogP contribution in [0, 0.1) is 0 Å². The number of hydrogen-bond acceptors (Lipinski definition) is 10. The minimum atomic E-state index is -1.65. The van der Waals surface area contributed by atoms with Crippen LogP contribution in [0.5, 0.6) is 23.0 Å². The summed E-state index contributed by atoms with van der Waals surface area (Å²) in [4.78, 5) is 12.5. The molecule has 1 fully saturated rings. The first-order chi connectivity index (χ1) is 14.7. The fourth-order valence-corrected chi connectivity index (χ4v) is 3.36. The Kier molecular flexibility index (Phi) is 5.23. The second kappa shape index (κ2) is 7.75. The number of fused-ring (bicyclic) bond motifs is 1. The summed E-state index contributed by atoms with van der Waals surface area (Å²) in [5.74, 6) is -1.80. The SMILES string of the molecule is C[C@H]1O[C@@H](Oc2cc3oc(-c4ccc(O)cc4)cc(=O)c3c(O)c2O)[C@H](O)[C@@H](O)[C@H]1O. The molecule has 0 radical (unpaired) electrons. The Morgan fingerprint density at radius 1 is 0.903 bits per heavy atom. The van der Waals surface area contributed by atoms with Crippen LogP contribution >= 0.6 is 0 Å². The van der Waals surface area contributed by atoms with Gasteiger partial charge in [-0.1, -0.05) is 0 Å². The van der Waals surface area contributed by atoms with Crippen molar-refractivity contribution in [2.45, 2.75) is 37.6 Å². The van der Waals surface area contributed by atoms with Gasteiger partial charge in [-0.05, 0) is 31.2 Å². The van der Waals surface area contributed by atoms with E-state index in [1.165, 1.54) is 31.2 Å². The lowest BCUT2D eigenvalue weighted by molar-refractivity contribution is -0.268. The number of benzene rings is 2. The van der Waals surface area contributed by atoms with Crippen LogP contribution in [0.2, 0.25) is 0 Å². The van der Waals surface area contributed by atoms with E-state index >= 15 is 0 Å². The molecule has 2 heterocycles. The van der Waals surface area contributed by atoms with Gasteiger partial charge in [0.25, 0.3) is 0 Å². The molecule has 1 saturated heterocycles.